The highest BCUT2D eigenvalue weighted by Gasteiger charge is 2.41. The van der Waals surface area contributed by atoms with Crippen LogP contribution in [0.2, 0.25) is 0 Å². The van der Waals surface area contributed by atoms with Crippen LogP contribution in [0, 0.1) is 5.92 Å². The van der Waals surface area contributed by atoms with Crippen molar-refractivity contribution in [3.8, 4) is 0 Å². The largest absolute Gasteiger partial charge is 0.366 e. The quantitative estimate of drug-likeness (QED) is 0.719. The monoisotopic (exact) mass is 370 g/mol. The van der Waals surface area contributed by atoms with Crippen LogP contribution in [0.4, 0.5) is 0 Å². The second-order valence-corrected chi connectivity index (χ2v) is 8.72. The highest BCUT2D eigenvalue weighted by atomic mass is 16.1. The fourth-order valence-electron chi connectivity index (χ4n) is 5.47. The van der Waals surface area contributed by atoms with Gasteiger partial charge in [0, 0.05) is 11.1 Å². The van der Waals surface area contributed by atoms with Crippen molar-refractivity contribution in [2.45, 2.75) is 95.4 Å². The summed E-state index contributed by atoms with van der Waals surface area (Å²) in [6.45, 7) is 1.05. The summed E-state index contributed by atoms with van der Waals surface area (Å²) in [4.78, 5) is 12.3. The van der Waals surface area contributed by atoms with Gasteiger partial charge in [-0.25, -0.2) is 0 Å². The normalized spacial score (nSPS) is 26.7. The molecule has 1 atom stereocenters. The molecular formula is C24H38N2O. The lowest BCUT2D eigenvalue weighted by molar-refractivity contribution is 0.0990. The Morgan fingerprint density at radius 2 is 1.44 bits per heavy atom. The molecule has 1 saturated carbocycles. The summed E-state index contributed by atoms with van der Waals surface area (Å²) in [5.41, 5.74) is 7.62. The van der Waals surface area contributed by atoms with Gasteiger partial charge in [-0.15, -0.1) is 0 Å². The molecule has 0 radical (unpaired) electrons. The first kappa shape index (κ1) is 20.4. The van der Waals surface area contributed by atoms with Gasteiger partial charge in [0.05, 0.1) is 0 Å². The summed E-state index contributed by atoms with van der Waals surface area (Å²) in [6, 6.07) is 8.16. The van der Waals surface area contributed by atoms with Crippen LogP contribution in [0.5, 0.6) is 0 Å². The van der Waals surface area contributed by atoms with E-state index in [1.54, 1.807) is 0 Å². The SMILES string of the molecule is NC(=O)c1ccccc1C1(C2CCCCCCCC2)CCCCCCCN1. The maximum absolute atomic E-state index is 12.3. The van der Waals surface area contributed by atoms with Crippen LogP contribution >= 0.6 is 0 Å². The van der Waals surface area contributed by atoms with Gasteiger partial charge in [-0.2, -0.15) is 0 Å². The Bertz CT molecular complexity index is 578. The average Bonchev–Trinajstić information content (AvgIpc) is 2.90. The maximum atomic E-state index is 12.3. The zero-order valence-electron chi connectivity index (χ0n) is 17.0. The van der Waals surface area contributed by atoms with Crippen LogP contribution in [0.15, 0.2) is 24.3 Å². The molecule has 150 valence electrons. The van der Waals surface area contributed by atoms with Gasteiger partial charge in [-0.05, 0) is 49.8 Å². The van der Waals surface area contributed by atoms with E-state index in [1.807, 2.05) is 12.1 Å². The van der Waals surface area contributed by atoms with Crippen molar-refractivity contribution >= 4 is 5.91 Å². The molecule has 1 aromatic rings. The molecule has 1 aliphatic heterocycles. The summed E-state index contributed by atoms with van der Waals surface area (Å²) < 4.78 is 0. The maximum Gasteiger partial charge on any atom is 0.249 e. The van der Waals surface area contributed by atoms with Gasteiger partial charge >= 0.3 is 0 Å². The lowest BCUT2D eigenvalue weighted by atomic mass is 9.69. The van der Waals surface area contributed by atoms with Gasteiger partial charge in [0.25, 0.3) is 0 Å². The predicted octanol–water partition coefficient (Wildman–Crippen LogP) is 5.68. The number of nitrogens with one attached hydrogen (secondary N) is 1. The van der Waals surface area contributed by atoms with Crippen molar-refractivity contribution in [2.24, 2.45) is 11.7 Å². The molecule has 3 N–H and O–H groups in total. The summed E-state index contributed by atoms with van der Waals surface area (Å²) >= 11 is 0. The number of hydrogen-bond acceptors (Lipinski definition) is 2. The van der Waals surface area contributed by atoms with Gasteiger partial charge in [0.2, 0.25) is 5.91 Å². The number of amides is 1. The number of rotatable bonds is 3. The molecule has 1 unspecified atom stereocenters. The fourth-order valence-corrected chi connectivity index (χ4v) is 5.47. The molecule has 0 spiro atoms. The van der Waals surface area contributed by atoms with E-state index in [1.165, 1.54) is 89.0 Å². The van der Waals surface area contributed by atoms with Crippen molar-refractivity contribution in [3.05, 3.63) is 35.4 Å². The van der Waals surface area contributed by atoms with Crippen LogP contribution in [0.1, 0.15) is 106 Å². The number of carbonyl (C=O) groups excluding carboxylic acids is 1. The van der Waals surface area contributed by atoms with Crippen molar-refractivity contribution in [2.75, 3.05) is 6.54 Å². The molecule has 3 nitrogen and oxygen atoms in total. The Labute approximate surface area is 165 Å². The standard InChI is InChI=1S/C24H38N2O/c25-23(27)21-16-10-11-17-22(21)24(18-12-6-3-7-13-19-26-24)20-14-8-4-1-2-5-9-15-20/h10-11,16-17,20,26H,1-9,12-15,18-19H2,(H2,25,27). The molecule has 1 amide bonds. The van der Waals surface area contributed by atoms with E-state index in [0.29, 0.717) is 5.92 Å². The predicted molar refractivity (Wildman–Crippen MR) is 113 cm³/mol. The zero-order chi connectivity index (χ0) is 19.0. The first-order chi connectivity index (χ1) is 13.2. The van der Waals surface area contributed by atoms with Crippen LogP contribution < -0.4 is 11.1 Å². The molecule has 27 heavy (non-hydrogen) atoms. The second kappa shape index (κ2) is 10.3. The molecule has 3 rings (SSSR count). The highest BCUT2D eigenvalue weighted by Crippen LogP contribution is 2.43. The molecule has 3 heteroatoms. The van der Waals surface area contributed by atoms with Crippen LogP contribution in [0.25, 0.3) is 0 Å². The van der Waals surface area contributed by atoms with Crippen molar-refractivity contribution in [1.29, 1.82) is 0 Å². The first-order valence-corrected chi connectivity index (χ1v) is 11.4. The third-order valence-electron chi connectivity index (χ3n) is 6.91. The lowest BCUT2D eigenvalue weighted by Gasteiger charge is -2.44. The molecule has 2 aliphatic rings. The van der Waals surface area contributed by atoms with Crippen molar-refractivity contribution < 1.29 is 4.79 Å². The second-order valence-electron chi connectivity index (χ2n) is 8.72. The Balaban J connectivity index is 2.02. The number of primary amides is 1. The van der Waals surface area contributed by atoms with Gasteiger partial charge in [0.15, 0.2) is 0 Å². The molecule has 1 aliphatic carbocycles. The lowest BCUT2D eigenvalue weighted by Crippen LogP contribution is -2.50. The van der Waals surface area contributed by atoms with Gasteiger partial charge in [-0.3, -0.25) is 4.79 Å². The van der Waals surface area contributed by atoms with Crippen LogP contribution in [-0.2, 0) is 5.54 Å². The van der Waals surface area contributed by atoms with Crippen molar-refractivity contribution in [3.63, 3.8) is 0 Å². The third-order valence-corrected chi connectivity index (χ3v) is 6.91. The average molecular weight is 371 g/mol. The minimum atomic E-state index is -0.283. The number of benzene rings is 1. The van der Waals surface area contributed by atoms with E-state index in [9.17, 15) is 4.79 Å². The van der Waals surface area contributed by atoms with Gasteiger partial charge < -0.3 is 11.1 Å². The Morgan fingerprint density at radius 1 is 0.852 bits per heavy atom. The van der Waals surface area contributed by atoms with E-state index < -0.39 is 0 Å². The Hall–Kier alpha value is -1.35. The number of carbonyl (C=O) groups is 1. The molecule has 1 saturated heterocycles. The minimum absolute atomic E-state index is 0.0969. The zero-order valence-corrected chi connectivity index (χ0v) is 17.0. The Morgan fingerprint density at radius 3 is 2.15 bits per heavy atom. The Kier molecular flexibility index (Phi) is 7.75. The first-order valence-electron chi connectivity index (χ1n) is 11.4. The third kappa shape index (κ3) is 5.13. The van der Waals surface area contributed by atoms with Crippen molar-refractivity contribution in [1.82, 2.24) is 5.32 Å². The summed E-state index contributed by atoms with van der Waals surface area (Å²) in [6.07, 6.45) is 18.1. The van der Waals surface area contributed by atoms with Crippen LogP contribution in [-0.4, -0.2) is 12.5 Å². The molecule has 0 aromatic heterocycles. The fraction of sp³-hybridized carbons (Fsp3) is 0.708. The summed E-state index contributed by atoms with van der Waals surface area (Å²) in [7, 11) is 0. The minimum Gasteiger partial charge on any atom is -0.366 e. The molecule has 2 fully saturated rings. The van der Waals surface area contributed by atoms with E-state index in [-0.39, 0.29) is 11.4 Å². The summed E-state index contributed by atoms with van der Waals surface area (Å²) in [5, 5.41) is 4.02. The number of hydrogen-bond donors (Lipinski definition) is 2. The molecule has 1 aromatic carbocycles. The van der Waals surface area contributed by atoms with E-state index in [0.717, 1.165) is 18.5 Å². The van der Waals surface area contributed by atoms with E-state index in [2.05, 4.69) is 17.4 Å². The number of nitrogens with two attached hydrogens (primary N) is 1. The molecular weight excluding hydrogens is 332 g/mol. The molecule has 1 heterocycles. The summed E-state index contributed by atoms with van der Waals surface area (Å²) in [5.74, 6) is 0.309. The van der Waals surface area contributed by atoms with Gasteiger partial charge in [-0.1, -0.05) is 82.4 Å². The smallest absolute Gasteiger partial charge is 0.249 e. The topological polar surface area (TPSA) is 55.1 Å². The van der Waals surface area contributed by atoms with Crippen LogP contribution in [0.3, 0.4) is 0 Å². The van der Waals surface area contributed by atoms with Gasteiger partial charge in [0.1, 0.15) is 0 Å². The van der Waals surface area contributed by atoms with E-state index >= 15 is 0 Å². The molecule has 0 bridgehead atoms. The highest BCUT2D eigenvalue weighted by molar-refractivity contribution is 5.94. The van der Waals surface area contributed by atoms with E-state index in [4.69, 9.17) is 5.73 Å².